The molecule has 0 saturated carbocycles. The van der Waals surface area contributed by atoms with Crippen LogP contribution in [0, 0.1) is 22.7 Å². The van der Waals surface area contributed by atoms with Crippen molar-refractivity contribution in [1.82, 2.24) is 4.90 Å². The minimum Gasteiger partial charge on any atom is -0.468 e. The minimum atomic E-state index is -0.740. The van der Waals surface area contributed by atoms with E-state index in [1.165, 1.54) is 0 Å². The Hall–Kier alpha value is -3.34. The van der Waals surface area contributed by atoms with Gasteiger partial charge in [-0.25, -0.2) is 0 Å². The summed E-state index contributed by atoms with van der Waals surface area (Å²) in [6, 6.07) is 28.5. The molecule has 0 bridgehead atoms. The first kappa shape index (κ1) is 19.4. The molecule has 0 aliphatic rings. The molecule has 140 valence electrons. The summed E-state index contributed by atoms with van der Waals surface area (Å²) in [7, 11) is 0. The molecule has 0 saturated heterocycles. The Morgan fingerprint density at radius 1 is 0.821 bits per heavy atom. The van der Waals surface area contributed by atoms with E-state index in [0.717, 1.165) is 16.9 Å². The van der Waals surface area contributed by atoms with Crippen molar-refractivity contribution >= 4 is 0 Å². The summed E-state index contributed by atoms with van der Waals surface area (Å²) < 4.78 is 5.48. The number of hydrogen-bond acceptors (Lipinski definition) is 4. The van der Waals surface area contributed by atoms with Gasteiger partial charge in [0.15, 0.2) is 0 Å². The average molecular weight is 369 g/mol. The molecule has 0 fully saturated rings. The summed E-state index contributed by atoms with van der Waals surface area (Å²) in [4.78, 5) is 2.18. The van der Waals surface area contributed by atoms with E-state index < -0.39 is 5.41 Å². The second-order valence-electron chi connectivity index (χ2n) is 6.76. The summed E-state index contributed by atoms with van der Waals surface area (Å²) in [6.45, 7) is 1.95. The number of nitrogens with zero attached hydrogens (tertiary/aromatic N) is 3. The molecule has 0 aliphatic carbocycles. The molecule has 4 heteroatoms. The second kappa shape index (κ2) is 9.55. The first-order chi connectivity index (χ1) is 13.8. The standard InChI is InChI=1S/C24H23N3O/c25-15-8-16-27(19-23-13-7-18-28-23)17-14-24(20-26,21-9-3-1-4-10-21)22-11-5-2-6-12-22/h1-7,9-13,18H,8,14,16-17,19H2. The first-order valence-electron chi connectivity index (χ1n) is 9.42. The smallest absolute Gasteiger partial charge is 0.117 e. The highest BCUT2D eigenvalue weighted by Crippen LogP contribution is 2.35. The fourth-order valence-electron chi connectivity index (χ4n) is 3.51. The van der Waals surface area contributed by atoms with Crippen LogP contribution < -0.4 is 0 Å². The molecule has 0 unspecified atom stereocenters. The fraction of sp³-hybridized carbons (Fsp3) is 0.250. The van der Waals surface area contributed by atoms with Crippen molar-refractivity contribution in [1.29, 1.82) is 10.5 Å². The molecule has 0 atom stereocenters. The Labute approximate surface area is 166 Å². The van der Waals surface area contributed by atoms with Gasteiger partial charge in [-0.1, -0.05) is 60.7 Å². The predicted octanol–water partition coefficient (Wildman–Crippen LogP) is 4.90. The Morgan fingerprint density at radius 3 is 1.96 bits per heavy atom. The Bertz CT molecular complexity index is 882. The van der Waals surface area contributed by atoms with Gasteiger partial charge in [-0.05, 0) is 29.7 Å². The first-order valence-corrected chi connectivity index (χ1v) is 9.42. The lowest BCUT2D eigenvalue weighted by Crippen LogP contribution is -2.34. The molecule has 1 heterocycles. The van der Waals surface area contributed by atoms with Crippen molar-refractivity contribution in [2.75, 3.05) is 13.1 Å². The van der Waals surface area contributed by atoms with E-state index in [1.54, 1.807) is 6.26 Å². The van der Waals surface area contributed by atoms with Crippen LogP contribution in [0.4, 0.5) is 0 Å². The molecule has 0 amide bonds. The third-order valence-corrected chi connectivity index (χ3v) is 5.03. The highest BCUT2D eigenvalue weighted by molar-refractivity contribution is 5.45. The van der Waals surface area contributed by atoms with Crippen molar-refractivity contribution in [3.63, 3.8) is 0 Å². The van der Waals surface area contributed by atoms with E-state index in [2.05, 4.69) is 17.0 Å². The molecular weight excluding hydrogens is 346 g/mol. The van der Waals surface area contributed by atoms with Crippen LogP contribution in [-0.4, -0.2) is 18.0 Å². The van der Waals surface area contributed by atoms with Crippen LogP contribution in [0.3, 0.4) is 0 Å². The van der Waals surface area contributed by atoms with Gasteiger partial charge in [0.1, 0.15) is 11.2 Å². The zero-order valence-electron chi connectivity index (χ0n) is 15.8. The van der Waals surface area contributed by atoms with E-state index in [4.69, 9.17) is 9.68 Å². The molecule has 28 heavy (non-hydrogen) atoms. The lowest BCUT2D eigenvalue weighted by molar-refractivity contribution is 0.236. The van der Waals surface area contributed by atoms with Crippen LogP contribution in [0.25, 0.3) is 0 Å². The monoisotopic (exact) mass is 369 g/mol. The highest BCUT2D eigenvalue weighted by atomic mass is 16.3. The summed E-state index contributed by atoms with van der Waals surface area (Å²) in [5, 5.41) is 19.3. The average Bonchev–Trinajstić information content (AvgIpc) is 3.27. The number of furan rings is 1. The summed E-state index contributed by atoms with van der Waals surface area (Å²) in [5.41, 5.74) is 1.24. The van der Waals surface area contributed by atoms with Crippen LogP contribution >= 0.6 is 0 Å². The number of hydrogen-bond donors (Lipinski definition) is 0. The molecule has 3 rings (SSSR count). The van der Waals surface area contributed by atoms with Crippen molar-refractivity contribution < 1.29 is 4.42 Å². The van der Waals surface area contributed by atoms with E-state index in [1.807, 2.05) is 72.8 Å². The van der Waals surface area contributed by atoms with E-state index >= 15 is 0 Å². The molecule has 4 nitrogen and oxygen atoms in total. The summed E-state index contributed by atoms with van der Waals surface area (Å²) in [5.74, 6) is 0.861. The van der Waals surface area contributed by atoms with Gasteiger partial charge in [-0.2, -0.15) is 10.5 Å². The predicted molar refractivity (Wildman–Crippen MR) is 108 cm³/mol. The van der Waals surface area contributed by atoms with Crippen LogP contribution in [0.5, 0.6) is 0 Å². The second-order valence-corrected chi connectivity index (χ2v) is 6.76. The molecular formula is C24H23N3O. The molecule has 1 aromatic heterocycles. The maximum Gasteiger partial charge on any atom is 0.117 e. The minimum absolute atomic E-state index is 0.441. The molecule has 0 N–H and O–H groups in total. The quantitative estimate of drug-likeness (QED) is 0.538. The van der Waals surface area contributed by atoms with E-state index in [9.17, 15) is 5.26 Å². The van der Waals surface area contributed by atoms with Gasteiger partial charge in [0.2, 0.25) is 0 Å². The lowest BCUT2D eigenvalue weighted by Gasteiger charge is -2.31. The maximum atomic E-state index is 10.3. The molecule has 2 aromatic carbocycles. The Kier molecular flexibility index (Phi) is 6.63. The largest absolute Gasteiger partial charge is 0.468 e. The number of rotatable bonds is 9. The van der Waals surface area contributed by atoms with Gasteiger partial charge in [0, 0.05) is 19.5 Å². The van der Waals surface area contributed by atoms with Crippen LogP contribution in [0.1, 0.15) is 29.7 Å². The van der Waals surface area contributed by atoms with Crippen molar-refractivity contribution in [3.8, 4) is 12.1 Å². The van der Waals surface area contributed by atoms with E-state index in [-0.39, 0.29) is 0 Å². The van der Waals surface area contributed by atoms with Gasteiger partial charge < -0.3 is 4.42 Å². The zero-order valence-corrected chi connectivity index (χ0v) is 15.8. The molecule has 0 spiro atoms. The Morgan fingerprint density at radius 2 is 1.46 bits per heavy atom. The van der Waals surface area contributed by atoms with Gasteiger partial charge in [0.25, 0.3) is 0 Å². The molecule has 0 aliphatic heterocycles. The van der Waals surface area contributed by atoms with Crippen molar-refractivity contribution in [2.45, 2.75) is 24.8 Å². The van der Waals surface area contributed by atoms with Gasteiger partial charge in [-0.15, -0.1) is 0 Å². The van der Waals surface area contributed by atoms with E-state index in [0.29, 0.717) is 32.5 Å². The van der Waals surface area contributed by atoms with Gasteiger partial charge >= 0.3 is 0 Å². The fourth-order valence-corrected chi connectivity index (χ4v) is 3.51. The van der Waals surface area contributed by atoms with Crippen LogP contribution in [0.15, 0.2) is 83.5 Å². The van der Waals surface area contributed by atoms with Gasteiger partial charge in [0.05, 0.1) is 24.9 Å². The topological polar surface area (TPSA) is 64.0 Å². The van der Waals surface area contributed by atoms with Crippen LogP contribution in [0.2, 0.25) is 0 Å². The third kappa shape index (κ3) is 4.49. The summed E-state index contributed by atoms with van der Waals surface area (Å²) in [6.07, 6.45) is 2.73. The highest BCUT2D eigenvalue weighted by Gasteiger charge is 2.34. The maximum absolute atomic E-state index is 10.3. The summed E-state index contributed by atoms with van der Waals surface area (Å²) >= 11 is 0. The third-order valence-electron chi connectivity index (χ3n) is 5.03. The number of nitriles is 2. The van der Waals surface area contributed by atoms with Crippen LogP contribution in [-0.2, 0) is 12.0 Å². The van der Waals surface area contributed by atoms with Crippen molar-refractivity contribution in [2.24, 2.45) is 0 Å². The molecule has 3 aromatic rings. The van der Waals surface area contributed by atoms with Crippen molar-refractivity contribution in [3.05, 3.63) is 95.9 Å². The van der Waals surface area contributed by atoms with Gasteiger partial charge in [-0.3, -0.25) is 4.90 Å². The lowest BCUT2D eigenvalue weighted by atomic mass is 9.73. The zero-order chi connectivity index (χ0) is 19.7. The normalized spacial score (nSPS) is 11.1. The molecule has 0 radical (unpaired) electrons. The SMILES string of the molecule is N#CCCN(CCC(C#N)(c1ccccc1)c1ccccc1)Cc1ccco1. The Balaban J connectivity index is 1.88. The number of benzene rings is 2.